The van der Waals surface area contributed by atoms with E-state index in [2.05, 4.69) is 55.6 Å². The second kappa shape index (κ2) is 20.1. The molecule has 0 saturated carbocycles. The van der Waals surface area contributed by atoms with Crippen LogP contribution < -0.4 is 26.6 Å². The number of nitrogens with zero attached hydrogens (tertiary/aromatic N) is 3. The van der Waals surface area contributed by atoms with Crippen molar-refractivity contribution in [1.29, 1.82) is 0 Å². The van der Waals surface area contributed by atoms with E-state index >= 15 is 0 Å². The Balaban J connectivity index is 1.42. The Hall–Kier alpha value is -5.27. The van der Waals surface area contributed by atoms with Gasteiger partial charge in [0, 0.05) is 18.5 Å². The summed E-state index contributed by atoms with van der Waals surface area (Å²) in [4.78, 5) is 79.4. The highest BCUT2D eigenvalue weighted by molar-refractivity contribution is 8.14. The quantitative estimate of drug-likeness (QED) is 0.0463. The molecule has 1 aromatic rings. The number of alkyl carbamates (subject to hydrolysis) is 1. The van der Waals surface area contributed by atoms with Crippen LogP contribution in [0, 0.1) is 0 Å². The second-order valence-corrected chi connectivity index (χ2v) is 17.4. The number of esters is 1. The van der Waals surface area contributed by atoms with Gasteiger partial charge < -0.3 is 49.5 Å². The van der Waals surface area contributed by atoms with E-state index in [1.54, 1.807) is 53.8 Å². The van der Waals surface area contributed by atoms with Crippen molar-refractivity contribution in [2.75, 3.05) is 25.5 Å². The molecule has 3 aliphatic rings. The van der Waals surface area contributed by atoms with E-state index in [-0.39, 0.29) is 34.8 Å². The van der Waals surface area contributed by atoms with Crippen LogP contribution in [0.4, 0.5) is 4.79 Å². The number of dihydropyridines is 1. The first-order valence-electron chi connectivity index (χ1n) is 19.7. The fourth-order valence-corrected chi connectivity index (χ4v) is 6.10. The summed E-state index contributed by atoms with van der Waals surface area (Å²) in [5, 5.41) is 18.0. The monoisotopic (exact) mass is 846 g/mol. The lowest BCUT2D eigenvalue weighted by Crippen LogP contribution is -2.72. The zero-order chi connectivity index (χ0) is 43.5. The molecule has 5 N–H and O–H groups in total. The van der Waals surface area contributed by atoms with Gasteiger partial charge >= 0.3 is 12.1 Å². The molecule has 1 aromatic heterocycles. The van der Waals surface area contributed by atoms with Gasteiger partial charge in [-0.1, -0.05) is 43.6 Å². The molecule has 0 aliphatic carbocycles. The van der Waals surface area contributed by atoms with E-state index in [1.165, 1.54) is 20.1 Å². The van der Waals surface area contributed by atoms with Crippen LogP contribution in [0.25, 0.3) is 0 Å². The summed E-state index contributed by atoms with van der Waals surface area (Å²) in [6.07, 6.45) is 7.68. The number of unbranched alkanes of at least 4 members (excludes halogenated alkanes) is 2. The number of rotatable bonds is 18. The number of amidine groups is 1. The van der Waals surface area contributed by atoms with Crippen molar-refractivity contribution in [1.82, 2.24) is 31.6 Å². The number of oxime groups is 1. The SMILES string of the molecule is CCCCOC1=CNC(c2nc(C(=O)NC[C@H]3NC(=O)[C@H]3NC(=O)/C(=N\OC(C)(C)C(=O)OC(C)(C)C)C3CSC(NC(=O)OC(C)(C)C)=N3)co2)C=C1OCCCC. The first-order chi connectivity index (χ1) is 27.7. The molecular weight excluding hydrogens is 789 g/mol. The molecule has 1 saturated heterocycles. The van der Waals surface area contributed by atoms with Crippen molar-refractivity contribution in [3.8, 4) is 0 Å². The maximum absolute atomic E-state index is 13.8. The van der Waals surface area contributed by atoms with Gasteiger partial charge in [0.1, 0.15) is 35.6 Å². The number of thioether (sulfide) groups is 1. The highest BCUT2D eigenvalue weighted by Crippen LogP contribution is 2.26. The minimum atomic E-state index is -1.62. The fourth-order valence-electron chi connectivity index (χ4n) is 5.19. The molecule has 4 amide bonds. The third kappa shape index (κ3) is 13.9. The van der Waals surface area contributed by atoms with Crippen molar-refractivity contribution in [2.45, 2.75) is 136 Å². The molecule has 326 valence electrons. The molecule has 0 spiro atoms. The van der Waals surface area contributed by atoms with E-state index < -0.39 is 70.8 Å². The number of nitrogens with one attached hydrogen (secondary N) is 5. The normalized spacial score (nSPS) is 20.7. The summed E-state index contributed by atoms with van der Waals surface area (Å²) in [7, 11) is 0. The summed E-state index contributed by atoms with van der Waals surface area (Å²) >= 11 is 1.13. The number of β-lactam (4-membered cyclic amide) rings is 1. The van der Waals surface area contributed by atoms with Gasteiger partial charge in [0.15, 0.2) is 28.1 Å². The van der Waals surface area contributed by atoms with Gasteiger partial charge in [-0.3, -0.25) is 24.7 Å². The van der Waals surface area contributed by atoms with Crippen LogP contribution in [-0.2, 0) is 38.2 Å². The summed E-state index contributed by atoms with van der Waals surface area (Å²) in [5.41, 5.74) is -3.48. The Labute approximate surface area is 348 Å². The Morgan fingerprint density at radius 2 is 1.63 bits per heavy atom. The summed E-state index contributed by atoms with van der Waals surface area (Å²) in [6.45, 7) is 18.2. The highest BCUT2D eigenvalue weighted by atomic mass is 32.2. The lowest BCUT2D eigenvalue weighted by molar-refractivity contribution is -0.179. The maximum Gasteiger partial charge on any atom is 0.413 e. The van der Waals surface area contributed by atoms with Crippen LogP contribution in [0.1, 0.15) is 117 Å². The average molecular weight is 847 g/mol. The third-order valence-corrected chi connectivity index (χ3v) is 9.30. The van der Waals surface area contributed by atoms with Gasteiger partial charge in [-0.25, -0.2) is 14.6 Å². The van der Waals surface area contributed by atoms with Crippen molar-refractivity contribution in [3.63, 3.8) is 0 Å². The van der Waals surface area contributed by atoms with Gasteiger partial charge in [-0.2, -0.15) is 0 Å². The smallest absolute Gasteiger partial charge is 0.413 e. The fraction of sp³-hybridized carbons (Fsp3) is 0.641. The molecule has 3 aliphatic heterocycles. The van der Waals surface area contributed by atoms with Crippen LogP contribution in [0.15, 0.2) is 44.6 Å². The van der Waals surface area contributed by atoms with Gasteiger partial charge in [-0.05, 0) is 74.3 Å². The molecule has 4 heterocycles. The zero-order valence-corrected chi connectivity index (χ0v) is 36.3. The van der Waals surface area contributed by atoms with Crippen LogP contribution in [0.5, 0.6) is 0 Å². The average Bonchev–Trinajstić information content (AvgIpc) is 3.82. The lowest BCUT2D eigenvalue weighted by atomic mass is 9.98. The summed E-state index contributed by atoms with van der Waals surface area (Å²) < 4.78 is 28.3. The van der Waals surface area contributed by atoms with E-state index in [4.69, 9.17) is 28.2 Å². The number of carbonyl (C=O) groups excluding carboxylic acids is 5. The minimum Gasteiger partial charge on any atom is -0.490 e. The van der Waals surface area contributed by atoms with Gasteiger partial charge in [-0.15, -0.1) is 0 Å². The number of hydrogen-bond acceptors (Lipinski definition) is 16. The van der Waals surface area contributed by atoms with E-state index in [0.717, 1.165) is 37.4 Å². The Morgan fingerprint density at radius 3 is 2.25 bits per heavy atom. The van der Waals surface area contributed by atoms with E-state index in [0.29, 0.717) is 24.7 Å². The largest absolute Gasteiger partial charge is 0.490 e. The molecular formula is C39H58N8O11S. The zero-order valence-electron chi connectivity index (χ0n) is 35.4. The van der Waals surface area contributed by atoms with Crippen LogP contribution in [0.2, 0.25) is 0 Å². The number of ether oxygens (including phenoxy) is 4. The van der Waals surface area contributed by atoms with Gasteiger partial charge in [0.25, 0.3) is 11.8 Å². The molecule has 2 unspecified atom stereocenters. The number of oxazole rings is 1. The van der Waals surface area contributed by atoms with Crippen molar-refractivity contribution in [2.24, 2.45) is 10.1 Å². The first kappa shape index (κ1) is 46.4. The molecule has 0 bridgehead atoms. The number of amides is 4. The highest BCUT2D eigenvalue weighted by Gasteiger charge is 2.43. The Kier molecular flexibility index (Phi) is 15.8. The molecule has 59 heavy (non-hydrogen) atoms. The number of carbonyl (C=O) groups is 5. The second-order valence-electron chi connectivity index (χ2n) is 16.4. The van der Waals surface area contributed by atoms with Crippen molar-refractivity contribution >= 4 is 52.4 Å². The number of aromatic nitrogens is 1. The standard InChI is InChI=1S/C39H58N8O11S/c1-11-13-15-53-26-17-22(40-19-27(26)54-16-14-12-2)33-43-24(20-55-33)30(48)41-18-23-28(31(49)42-23)45-32(50)29(47-58-39(9,10)34(51)56-37(3,4)5)25-21-59-35(44-25)46-36(52)57-38(6,7)8/h17,19-20,22-23,25,28,40H,11-16,18,21H2,1-10H3,(H,41,48)(H,42,49)(H,45,50)(H,44,46,52)/b47-29-/t22?,23-,25?,28+/m1/s1. The maximum atomic E-state index is 13.8. The molecule has 1 fully saturated rings. The lowest BCUT2D eigenvalue weighted by Gasteiger charge is -2.37. The Morgan fingerprint density at radius 1 is 0.966 bits per heavy atom. The van der Waals surface area contributed by atoms with Crippen molar-refractivity contribution in [3.05, 3.63) is 41.6 Å². The molecule has 0 radical (unpaired) electrons. The number of aliphatic imine (C=N–C) groups is 1. The van der Waals surface area contributed by atoms with Gasteiger partial charge in [0.2, 0.25) is 17.4 Å². The molecule has 19 nitrogen and oxygen atoms in total. The summed E-state index contributed by atoms with van der Waals surface area (Å²) in [5.74, 6) is -1.13. The molecule has 4 rings (SSSR count). The summed E-state index contributed by atoms with van der Waals surface area (Å²) in [6, 6.07) is -3.28. The van der Waals surface area contributed by atoms with Crippen LogP contribution in [-0.4, -0.2) is 106 Å². The third-order valence-electron chi connectivity index (χ3n) is 8.34. The van der Waals surface area contributed by atoms with E-state index in [9.17, 15) is 24.0 Å². The topological polar surface area (TPSA) is 242 Å². The molecule has 20 heteroatoms. The van der Waals surface area contributed by atoms with E-state index in [1.807, 2.05) is 0 Å². The number of hydrogen-bond donors (Lipinski definition) is 5. The van der Waals surface area contributed by atoms with Crippen molar-refractivity contribution < 1.29 is 52.2 Å². The molecule has 0 aromatic carbocycles. The molecule has 4 atom stereocenters. The Bertz CT molecular complexity index is 1830. The van der Waals surface area contributed by atoms with Crippen LogP contribution >= 0.6 is 11.8 Å². The minimum absolute atomic E-state index is 0.00424. The predicted molar refractivity (Wildman–Crippen MR) is 218 cm³/mol. The predicted octanol–water partition coefficient (Wildman–Crippen LogP) is 3.88. The van der Waals surface area contributed by atoms with Gasteiger partial charge in [0.05, 0.1) is 19.3 Å². The van der Waals surface area contributed by atoms with Crippen LogP contribution in [0.3, 0.4) is 0 Å². The first-order valence-corrected chi connectivity index (χ1v) is 20.7.